The number of hydrogen-bond acceptors (Lipinski definition) is 4. The van der Waals surface area contributed by atoms with E-state index in [1.165, 1.54) is 0 Å². The fourth-order valence-corrected chi connectivity index (χ4v) is 1.86. The lowest BCUT2D eigenvalue weighted by atomic mass is 10.0. The second-order valence-electron chi connectivity index (χ2n) is 3.82. The van der Waals surface area contributed by atoms with Crippen LogP contribution in [0.5, 0.6) is 11.5 Å². The summed E-state index contributed by atoms with van der Waals surface area (Å²) in [6, 6.07) is 5.81. The summed E-state index contributed by atoms with van der Waals surface area (Å²) in [5.41, 5.74) is 1.03. The Morgan fingerprint density at radius 2 is 1.82 bits per heavy atom. The van der Waals surface area contributed by atoms with Gasteiger partial charge in [-0.1, -0.05) is 0 Å². The highest BCUT2D eigenvalue weighted by Crippen LogP contribution is 2.31. The maximum Gasteiger partial charge on any atom is 0.124 e. The van der Waals surface area contributed by atoms with Gasteiger partial charge in [-0.15, -0.1) is 0 Å². The van der Waals surface area contributed by atoms with Gasteiger partial charge in [-0.3, -0.25) is 0 Å². The fraction of sp³-hybridized carbons (Fsp3) is 0.538. The molecule has 0 aromatic heterocycles. The van der Waals surface area contributed by atoms with Gasteiger partial charge in [0, 0.05) is 12.7 Å². The zero-order valence-corrected chi connectivity index (χ0v) is 11.1. The van der Waals surface area contributed by atoms with Gasteiger partial charge in [0.1, 0.15) is 11.5 Å². The Morgan fingerprint density at radius 1 is 1.12 bits per heavy atom. The third kappa shape index (κ3) is 3.11. The van der Waals surface area contributed by atoms with Gasteiger partial charge < -0.3 is 19.5 Å². The molecule has 2 unspecified atom stereocenters. The van der Waals surface area contributed by atoms with E-state index in [9.17, 15) is 0 Å². The molecule has 1 N–H and O–H groups in total. The van der Waals surface area contributed by atoms with E-state index < -0.39 is 0 Å². The van der Waals surface area contributed by atoms with Crippen molar-refractivity contribution in [2.75, 3.05) is 28.4 Å². The molecule has 0 radical (unpaired) electrons. The van der Waals surface area contributed by atoms with Gasteiger partial charge in [0.15, 0.2) is 0 Å². The van der Waals surface area contributed by atoms with E-state index in [-0.39, 0.29) is 12.1 Å². The molecule has 1 rings (SSSR count). The second kappa shape index (κ2) is 6.47. The van der Waals surface area contributed by atoms with Gasteiger partial charge in [-0.05, 0) is 32.2 Å². The number of benzene rings is 1. The monoisotopic (exact) mass is 239 g/mol. The van der Waals surface area contributed by atoms with Crippen molar-refractivity contribution in [3.8, 4) is 11.5 Å². The molecular weight excluding hydrogens is 218 g/mol. The quantitative estimate of drug-likeness (QED) is 0.824. The number of rotatable bonds is 6. The smallest absolute Gasteiger partial charge is 0.124 e. The van der Waals surface area contributed by atoms with E-state index in [4.69, 9.17) is 14.2 Å². The van der Waals surface area contributed by atoms with Gasteiger partial charge in [-0.2, -0.15) is 0 Å². The Hall–Kier alpha value is -1.26. The lowest BCUT2D eigenvalue weighted by molar-refractivity contribution is 0.0847. The number of hydrogen-bond donors (Lipinski definition) is 1. The van der Waals surface area contributed by atoms with Crippen molar-refractivity contribution in [1.82, 2.24) is 5.32 Å². The molecule has 1 aromatic carbocycles. The maximum absolute atomic E-state index is 5.37. The maximum atomic E-state index is 5.37. The van der Waals surface area contributed by atoms with Gasteiger partial charge in [-0.25, -0.2) is 0 Å². The average molecular weight is 239 g/mol. The van der Waals surface area contributed by atoms with E-state index >= 15 is 0 Å². The average Bonchev–Trinajstić information content (AvgIpc) is 2.39. The highest BCUT2D eigenvalue weighted by molar-refractivity contribution is 5.42. The molecular formula is C13H21NO3. The van der Waals surface area contributed by atoms with Crippen LogP contribution in [0.1, 0.15) is 18.5 Å². The summed E-state index contributed by atoms with van der Waals surface area (Å²) in [6.45, 7) is 2.01. The topological polar surface area (TPSA) is 39.7 Å². The molecule has 0 spiro atoms. The summed E-state index contributed by atoms with van der Waals surface area (Å²) in [4.78, 5) is 0. The van der Waals surface area contributed by atoms with Crippen LogP contribution in [0.3, 0.4) is 0 Å². The molecule has 0 aliphatic carbocycles. The SMILES string of the molecule is CNC(c1cc(OC)ccc1OC)C(C)OC. The molecule has 0 heterocycles. The van der Waals surface area contributed by atoms with E-state index in [1.54, 1.807) is 21.3 Å². The Morgan fingerprint density at radius 3 is 2.29 bits per heavy atom. The van der Waals surface area contributed by atoms with Gasteiger partial charge in [0.05, 0.1) is 26.4 Å². The minimum Gasteiger partial charge on any atom is -0.497 e. The summed E-state index contributed by atoms with van der Waals surface area (Å²) in [7, 11) is 6.91. The molecule has 0 bridgehead atoms. The fourth-order valence-electron chi connectivity index (χ4n) is 1.86. The Bertz CT molecular complexity index is 355. The van der Waals surface area contributed by atoms with Crippen molar-refractivity contribution < 1.29 is 14.2 Å². The molecule has 96 valence electrons. The highest BCUT2D eigenvalue weighted by Gasteiger charge is 2.21. The van der Waals surface area contributed by atoms with Crippen molar-refractivity contribution in [1.29, 1.82) is 0 Å². The first-order valence-electron chi connectivity index (χ1n) is 5.59. The number of methoxy groups -OCH3 is 3. The van der Waals surface area contributed by atoms with Crippen LogP contribution in [0.2, 0.25) is 0 Å². The normalized spacial score (nSPS) is 14.2. The molecule has 4 heteroatoms. The van der Waals surface area contributed by atoms with E-state index in [0.29, 0.717) is 0 Å². The standard InChI is InChI=1S/C13H21NO3/c1-9(15-3)13(14-2)11-8-10(16-4)6-7-12(11)17-5/h6-9,13-14H,1-5H3. The lowest BCUT2D eigenvalue weighted by Crippen LogP contribution is -2.29. The van der Waals surface area contributed by atoms with E-state index in [2.05, 4.69) is 5.32 Å². The van der Waals surface area contributed by atoms with Crippen molar-refractivity contribution in [3.63, 3.8) is 0 Å². The lowest BCUT2D eigenvalue weighted by Gasteiger charge is -2.24. The van der Waals surface area contributed by atoms with Crippen LogP contribution < -0.4 is 14.8 Å². The predicted molar refractivity (Wildman–Crippen MR) is 67.8 cm³/mol. The number of likely N-dealkylation sites (N-methyl/N-ethyl adjacent to an activating group) is 1. The second-order valence-corrected chi connectivity index (χ2v) is 3.82. The van der Waals surface area contributed by atoms with Crippen LogP contribution in [0.4, 0.5) is 0 Å². The molecule has 0 saturated heterocycles. The van der Waals surface area contributed by atoms with Gasteiger partial charge in [0.2, 0.25) is 0 Å². The third-order valence-electron chi connectivity index (χ3n) is 2.92. The molecule has 17 heavy (non-hydrogen) atoms. The summed E-state index contributed by atoms with van der Waals surface area (Å²) in [6.07, 6.45) is 0.0426. The molecule has 0 aliphatic rings. The minimum absolute atomic E-state index is 0.0426. The Balaban J connectivity index is 3.14. The van der Waals surface area contributed by atoms with Crippen molar-refractivity contribution >= 4 is 0 Å². The van der Waals surface area contributed by atoms with E-state index in [1.807, 2.05) is 32.2 Å². The highest BCUT2D eigenvalue weighted by atomic mass is 16.5. The number of ether oxygens (including phenoxy) is 3. The first kappa shape index (κ1) is 13.8. The summed E-state index contributed by atoms with van der Waals surface area (Å²) in [5.74, 6) is 1.64. The molecule has 0 aliphatic heterocycles. The van der Waals surface area contributed by atoms with Crippen molar-refractivity contribution in [2.24, 2.45) is 0 Å². The van der Waals surface area contributed by atoms with Crippen LogP contribution in [-0.4, -0.2) is 34.5 Å². The zero-order chi connectivity index (χ0) is 12.8. The summed E-state index contributed by atoms with van der Waals surface area (Å²) < 4.78 is 16.0. The summed E-state index contributed by atoms with van der Waals surface area (Å²) >= 11 is 0. The molecule has 2 atom stereocenters. The minimum atomic E-state index is 0.0426. The number of nitrogens with one attached hydrogen (secondary N) is 1. The Labute approximate surface area is 103 Å². The van der Waals surface area contributed by atoms with Crippen LogP contribution in [-0.2, 0) is 4.74 Å². The van der Waals surface area contributed by atoms with Crippen molar-refractivity contribution in [2.45, 2.75) is 19.1 Å². The van der Waals surface area contributed by atoms with Gasteiger partial charge in [0.25, 0.3) is 0 Å². The van der Waals surface area contributed by atoms with Crippen LogP contribution in [0.25, 0.3) is 0 Å². The largest absolute Gasteiger partial charge is 0.497 e. The zero-order valence-electron chi connectivity index (χ0n) is 11.1. The first-order chi connectivity index (χ1) is 8.17. The molecule has 0 fully saturated rings. The molecule has 0 amide bonds. The van der Waals surface area contributed by atoms with Crippen molar-refractivity contribution in [3.05, 3.63) is 23.8 Å². The molecule has 0 saturated carbocycles. The van der Waals surface area contributed by atoms with Crippen LogP contribution in [0.15, 0.2) is 18.2 Å². The predicted octanol–water partition coefficient (Wildman–Crippen LogP) is 2.00. The Kier molecular flexibility index (Phi) is 5.25. The van der Waals surface area contributed by atoms with Gasteiger partial charge >= 0.3 is 0 Å². The molecule has 4 nitrogen and oxygen atoms in total. The van der Waals surface area contributed by atoms with E-state index in [0.717, 1.165) is 17.1 Å². The third-order valence-corrected chi connectivity index (χ3v) is 2.92. The molecule has 1 aromatic rings. The summed E-state index contributed by atoms with van der Waals surface area (Å²) in [5, 5.41) is 3.23. The van der Waals surface area contributed by atoms with Crippen LogP contribution in [0, 0.1) is 0 Å². The first-order valence-corrected chi connectivity index (χ1v) is 5.59. The van der Waals surface area contributed by atoms with Crippen LogP contribution >= 0.6 is 0 Å².